The summed E-state index contributed by atoms with van der Waals surface area (Å²) in [4.78, 5) is 16.9. The summed E-state index contributed by atoms with van der Waals surface area (Å²) < 4.78 is 5.14. The van der Waals surface area contributed by atoms with E-state index in [1.54, 1.807) is 7.11 Å². The van der Waals surface area contributed by atoms with Gasteiger partial charge in [0, 0.05) is 31.0 Å². The molecule has 0 radical (unpaired) electrons. The van der Waals surface area contributed by atoms with Crippen LogP contribution in [-0.4, -0.2) is 44.6 Å². The van der Waals surface area contributed by atoms with Crippen LogP contribution in [0.15, 0.2) is 48.5 Å². The van der Waals surface area contributed by atoms with E-state index in [9.17, 15) is 4.79 Å². The van der Waals surface area contributed by atoms with Crippen molar-refractivity contribution in [2.24, 2.45) is 0 Å². The summed E-state index contributed by atoms with van der Waals surface area (Å²) in [5.41, 5.74) is 3.36. The van der Waals surface area contributed by atoms with Crippen molar-refractivity contribution in [3.05, 3.63) is 54.1 Å². The van der Waals surface area contributed by atoms with E-state index in [1.165, 1.54) is 30.5 Å². The highest BCUT2D eigenvalue weighted by Gasteiger charge is 2.16. The maximum Gasteiger partial charge on any atom is 0.238 e. The molecule has 0 atom stereocenters. The van der Waals surface area contributed by atoms with Crippen LogP contribution in [0.1, 0.15) is 24.8 Å². The van der Waals surface area contributed by atoms with Gasteiger partial charge >= 0.3 is 0 Å². The number of carbonyl (C=O) groups excluding carboxylic acids is 1. The predicted molar refractivity (Wildman–Crippen MR) is 110 cm³/mol. The lowest BCUT2D eigenvalue weighted by atomic mass is 10.1. The molecule has 2 aromatic rings. The Hall–Kier alpha value is -2.53. The van der Waals surface area contributed by atoms with Gasteiger partial charge in [-0.3, -0.25) is 9.69 Å². The number of benzene rings is 2. The third-order valence-corrected chi connectivity index (χ3v) is 4.92. The van der Waals surface area contributed by atoms with Gasteiger partial charge in [0.2, 0.25) is 5.91 Å². The molecule has 0 aliphatic carbocycles. The number of nitrogens with one attached hydrogen (secondary N) is 1. The van der Waals surface area contributed by atoms with Crippen LogP contribution in [0.25, 0.3) is 0 Å². The Labute approximate surface area is 161 Å². The summed E-state index contributed by atoms with van der Waals surface area (Å²) in [6.45, 7) is 3.35. The van der Waals surface area contributed by atoms with Crippen LogP contribution in [0.5, 0.6) is 5.75 Å². The van der Waals surface area contributed by atoms with Crippen LogP contribution in [-0.2, 0) is 11.3 Å². The maximum absolute atomic E-state index is 12.4. The predicted octanol–water partition coefficient (Wildman–Crippen LogP) is 3.76. The van der Waals surface area contributed by atoms with E-state index in [4.69, 9.17) is 4.74 Å². The van der Waals surface area contributed by atoms with Crippen LogP contribution in [0.4, 0.5) is 11.4 Å². The second-order valence-electron chi connectivity index (χ2n) is 7.13. The molecule has 1 amide bonds. The minimum Gasteiger partial charge on any atom is -0.497 e. The van der Waals surface area contributed by atoms with Gasteiger partial charge in [0.25, 0.3) is 0 Å². The summed E-state index contributed by atoms with van der Waals surface area (Å²) >= 11 is 0. The number of piperidine rings is 1. The lowest BCUT2D eigenvalue weighted by molar-refractivity contribution is -0.117. The van der Waals surface area contributed by atoms with Gasteiger partial charge in [0.15, 0.2) is 0 Å². The average molecular weight is 367 g/mol. The number of hydrogen-bond donors (Lipinski definition) is 1. The quantitative estimate of drug-likeness (QED) is 0.809. The molecular weight excluding hydrogens is 338 g/mol. The van der Waals surface area contributed by atoms with Gasteiger partial charge in [-0.1, -0.05) is 18.2 Å². The van der Waals surface area contributed by atoms with E-state index in [2.05, 4.69) is 39.4 Å². The highest BCUT2D eigenvalue weighted by molar-refractivity contribution is 5.92. The van der Waals surface area contributed by atoms with E-state index in [0.29, 0.717) is 6.54 Å². The molecule has 5 nitrogen and oxygen atoms in total. The third kappa shape index (κ3) is 5.47. The molecule has 27 heavy (non-hydrogen) atoms. The number of para-hydroxylation sites is 1. The van der Waals surface area contributed by atoms with Crippen molar-refractivity contribution in [3.63, 3.8) is 0 Å². The molecule has 3 rings (SSSR count). The van der Waals surface area contributed by atoms with E-state index in [1.807, 2.05) is 31.3 Å². The molecule has 144 valence electrons. The monoisotopic (exact) mass is 367 g/mol. The van der Waals surface area contributed by atoms with Gasteiger partial charge in [0.05, 0.1) is 13.7 Å². The number of rotatable bonds is 7. The van der Waals surface area contributed by atoms with Crippen LogP contribution < -0.4 is 15.0 Å². The molecule has 0 saturated carbocycles. The summed E-state index contributed by atoms with van der Waals surface area (Å²) in [6, 6.07) is 15.9. The van der Waals surface area contributed by atoms with Crippen molar-refractivity contribution in [3.8, 4) is 5.75 Å². The van der Waals surface area contributed by atoms with Crippen LogP contribution in [0, 0.1) is 0 Å². The van der Waals surface area contributed by atoms with Gasteiger partial charge in [-0.2, -0.15) is 0 Å². The Bertz CT molecular complexity index is 739. The zero-order chi connectivity index (χ0) is 19.1. The Morgan fingerprint density at radius 2 is 1.78 bits per heavy atom. The minimum atomic E-state index is -0.0156. The summed E-state index contributed by atoms with van der Waals surface area (Å²) in [5, 5.41) is 2.94. The fraction of sp³-hybridized carbons (Fsp3) is 0.409. The number of nitrogens with zero attached hydrogens (tertiary/aromatic N) is 2. The summed E-state index contributed by atoms with van der Waals surface area (Å²) in [7, 11) is 3.62. The van der Waals surface area contributed by atoms with Gasteiger partial charge in [-0.15, -0.1) is 0 Å². The lowest BCUT2D eigenvalue weighted by Gasteiger charge is -2.31. The molecule has 1 aliphatic rings. The number of methoxy groups -OCH3 is 1. The molecule has 1 fully saturated rings. The van der Waals surface area contributed by atoms with Crippen molar-refractivity contribution in [1.82, 2.24) is 4.90 Å². The fourth-order valence-corrected chi connectivity index (χ4v) is 3.55. The largest absolute Gasteiger partial charge is 0.497 e. The number of anilines is 2. The zero-order valence-electron chi connectivity index (χ0n) is 16.3. The number of likely N-dealkylation sites (N-methyl/N-ethyl adjacent to an activating group) is 1. The van der Waals surface area contributed by atoms with E-state index < -0.39 is 0 Å². The first-order chi connectivity index (χ1) is 13.2. The Kier molecular flexibility index (Phi) is 6.71. The second kappa shape index (κ2) is 9.42. The zero-order valence-corrected chi connectivity index (χ0v) is 16.3. The first kappa shape index (κ1) is 19.2. The summed E-state index contributed by atoms with van der Waals surface area (Å²) in [6.07, 6.45) is 3.84. The lowest BCUT2D eigenvalue weighted by Crippen LogP contribution is -2.32. The molecule has 0 unspecified atom stereocenters. The smallest absolute Gasteiger partial charge is 0.238 e. The highest BCUT2D eigenvalue weighted by Crippen LogP contribution is 2.25. The van der Waals surface area contributed by atoms with Gasteiger partial charge in [-0.25, -0.2) is 0 Å². The van der Waals surface area contributed by atoms with Crippen LogP contribution >= 0.6 is 0 Å². The Balaban J connectivity index is 1.57. The summed E-state index contributed by atoms with van der Waals surface area (Å²) in [5.74, 6) is 0.762. The Morgan fingerprint density at radius 1 is 1.07 bits per heavy atom. The van der Waals surface area contributed by atoms with E-state index in [0.717, 1.165) is 31.1 Å². The molecule has 0 aromatic heterocycles. The molecule has 1 aliphatic heterocycles. The van der Waals surface area contributed by atoms with Gasteiger partial charge in [-0.05, 0) is 62.2 Å². The molecule has 0 spiro atoms. The topological polar surface area (TPSA) is 44.8 Å². The molecule has 2 aromatic carbocycles. The molecule has 0 bridgehead atoms. The molecule has 5 heteroatoms. The molecular formula is C22H29N3O2. The van der Waals surface area contributed by atoms with Crippen molar-refractivity contribution in [2.45, 2.75) is 25.8 Å². The van der Waals surface area contributed by atoms with Crippen molar-refractivity contribution in [1.29, 1.82) is 0 Å². The standard InChI is InChI=1S/C22H29N3O2/c1-24(17-22(26)23-19-10-12-20(27-2)13-11-19)16-18-8-4-5-9-21(18)25-14-6-3-7-15-25/h4-5,8-13H,3,6-7,14-17H2,1-2H3,(H,23,26). The van der Waals surface area contributed by atoms with Crippen LogP contribution in [0.2, 0.25) is 0 Å². The fourth-order valence-electron chi connectivity index (χ4n) is 3.55. The maximum atomic E-state index is 12.4. The average Bonchev–Trinajstić information content (AvgIpc) is 2.69. The molecule has 1 saturated heterocycles. The third-order valence-electron chi connectivity index (χ3n) is 4.92. The number of ether oxygens (including phenoxy) is 1. The minimum absolute atomic E-state index is 0.0156. The molecule has 1 N–H and O–H groups in total. The number of hydrogen-bond acceptors (Lipinski definition) is 4. The van der Waals surface area contributed by atoms with Crippen LogP contribution in [0.3, 0.4) is 0 Å². The highest BCUT2D eigenvalue weighted by atomic mass is 16.5. The normalized spacial score (nSPS) is 14.3. The van der Waals surface area contributed by atoms with Crippen molar-refractivity contribution < 1.29 is 9.53 Å². The van der Waals surface area contributed by atoms with Crippen molar-refractivity contribution >= 4 is 17.3 Å². The molecule has 1 heterocycles. The number of amides is 1. The van der Waals surface area contributed by atoms with Gasteiger partial charge < -0.3 is 15.0 Å². The first-order valence-electron chi connectivity index (χ1n) is 9.61. The van der Waals surface area contributed by atoms with E-state index >= 15 is 0 Å². The second-order valence-corrected chi connectivity index (χ2v) is 7.13. The SMILES string of the molecule is COc1ccc(NC(=O)CN(C)Cc2ccccc2N2CCCCC2)cc1. The van der Waals surface area contributed by atoms with Crippen molar-refractivity contribution in [2.75, 3.05) is 44.0 Å². The number of carbonyl (C=O) groups is 1. The Morgan fingerprint density at radius 3 is 2.48 bits per heavy atom. The van der Waals surface area contributed by atoms with E-state index in [-0.39, 0.29) is 5.91 Å². The first-order valence-corrected chi connectivity index (χ1v) is 9.61. The van der Waals surface area contributed by atoms with Gasteiger partial charge in [0.1, 0.15) is 5.75 Å².